The Bertz CT molecular complexity index is 416. The van der Waals surface area contributed by atoms with Gasteiger partial charge >= 0.3 is 5.69 Å². The van der Waals surface area contributed by atoms with E-state index in [0.717, 1.165) is 12.6 Å². The van der Waals surface area contributed by atoms with E-state index in [9.17, 15) is 10.1 Å². The van der Waals surface area contributed by atoms with Crippen molar-refractivity contribution >= 4 is 29.2 Å². The molecule has 0 aliphatic rings. The second-order valence-electron chi connectivity index (χ2n) is 3.59. The summed E-state index contributed by atoms with van der Waals surface area (Å²) in [5.41, 5.74) is 2.09. The molecule has 1 unspecified atom stereocenters. The molecule has 9 heteroatoms. The molecule has 18 heavy (non-hydrogen) atoms. The first-order valence-electron chi connectivity index (χ1n) is 5.33. The topological polar surface area (TPSA) is 119 Å². The van der Waals surface area contributed by atoms with Gasteiger partial charge < -0.3 is 5.32 Å². The molecular formula is C9H16N6O2S. The van der Waals surface area contributed by atoms with Crippen LogP contribution >= 0.6 is 11.8 Å². The van der Waals surface area contributed by atoms with Gasteiger partial charge in [-0.1, -0.05) is 6.92 Å². The first kappa shape index (κ1) is 14.5. The number of anilines is 2. The van der Waals surface area contributed by atoms with E-state index in [1.807, 2.05) is 6.26 Å². The number of thioether (sulfide) groups is 1. The number of hydrazine groups is 1. The normalized spacial score (nSPS) is 11.9. The molecule has 8 nitrogen and oxygen atoms in total. The fraction of sp³-hybridized carbons (Fsp3) is 0.556. The van der Waals surface area contributed by atoms with Gasteiger partial charge in [0.1, 0.15) is 6.20 Å². The molecule has 0 aromatic carbocycles. The summed E-state index contributed by atoms with van der Waals surface area (Å²) in [5.74, 6) is 5.48. The maximum atomic E-state index is 10.8. The van der Waals surface area contributed by atoms with Crippen molar-refractivity contribution in [3.8, 4) is 0 Å². The number of nitrogens with two attached hydrogens (primary N) is 1. The monoisotopic (exact) mass is 272 g/mol. The Balaban J connectivity index is 2.75. The Morgan fingerprint density at radius 2 is 2.39 bits per heavy atom. The molecular weight excluding hydrogens is 256 g/mol. The molecule has 1 heterocycles. The lowest BCUT2D eigenvalue weighted by molar-refractivity contribution is -0.384. The molecule has 4 N–H and O–H groups in total. The number of hydrogen-bond donors (Lipinski definition) is 3. The SMILES string of the molecule is CSC(C)CCNc1nc(NN)ncc1[N+](=O)[O-]. The minimum atomic E-state index is -0.527. The van der Waals surface area contributed by atoms with Gasteiger partial charge in [0.25, 0.3) is 0 Å². The number of hydrogen-bond acceptors (Lipinski definition) is 8. The zero-order valence-electron chi connectivity index (χ0n) is 10.2. The van der Waals surface area contributed by atoms with Crippen LogP contribution in [-0.4, -0.2) is 32.9 Å². The molecule has 1 aromatic heterocycles. The van der Waals surface area contributed by atoms with Crippen LogP contribution in [-0.2, 0) is 0 Å². The highest BCUT2D eigenvalue weighted by molar-refractivity contribution is 7.99. The third-order valence-corrected chi connectivity index (χ3v) is 3.38. The molecule has 0 radical (unpaired) electrons. The van der Waals surface area contributed by atoms with Crippen LogP contribution in [0.4, 0.5) is 17.5 Å². The van der Waals surface area contributed by atoms with Crippen LogP contribution in [0.5, 0.6) is 0 Å². The van der Waals surface area contributed by atoms with Crippen molar-refractivity contribution in [2.45, 2.75) is 18.6 Å². The van der Waals surface area contributed by atoms with Gasteiger partial charge in [-0.2, -0.15) is 16.7 Å². The lowest BCUT2D eigenvalue weighted by Gasteiger charge is -2.10. The fourth-order valence-electron chi connectivity index (χ4n) is 1.22. The van der Waals surface area contributed by atoms with Gasteiger partial charge in [-0.3, -0.25) is 15.5 Å². The van der Waals surface area contributed by atoms with E-state index < -0.39 is 4.92 Å². The molecule has 0 bridgehead atoms. The van der Waals surface area contributed by atoms with Gasteiger partial charge in [0.05, 0.1) is 4.92 Å². The van der Waals surface area contributed by atoms with Crippen LogP contribution in [0.3, 0.4) is 0 Å². The molecule has 100 valence electrons. The second-order valence-corrected chi connectivity index (χ2v) is 4.87. The number of aromatic nitrogens is 2. The molecule has 1 rings (SSSR count). The van der Waals surface area contributed by atoms with Crippen LogP contribution in [0.15, 0.2) is 6.20 Å². The predicted octanol–water partition coefficient (Wildman–Crippen LogP) is 1.22. The Morgan fingerprint density at radius 3 is 2.94 bits per heavy atom. The van der Waals surface area contributed by atoms with Gasteiger partial charge in [-0.15, -0.1) is 0 Å². The van der Waals surface area contributed by atoms with E-state index in [-0.39, 0.29) is 17.5 Å². The van der Waals surface area contributed by atoms with Crippen molar-refractivity contribution in [1.82, 2.24) is 9.97 Å². The lowest BCUT2D eigenvalue weighted by atomic mass is 10.3. The van der Waals surface area contributed by atoms with E-state index in [1.54, 1.807) is 11.8 Å². The summed E-state index contributed by atoms with van der Waals surface area (Å²) in [6.45, 7) is 2.69. The Labute approximate surface area is 109 Å². The van der Waals surface area contributed by atoms with Gasteiger partial charge in [0.15, 0.2) is 0 Å². The summed E-state index contributed by atoms with van der Waals surface area (Å²) in [6.07, 6.45) is 4.03. The number of rotatable bonds is 7. The van der Waals surface area contributed by atoms with Crippen LogP contribution in [0.25, 0.3) is 0 Å². The lowest BCUT2D eigenvalue weighted by Crippen LogP contribution is -2.14. The van der Waals surface area contributed by atoms with Gasteiger partial charge in [-0.05, 0) is 12.7 Å². The molecule has 0 fully saturated rings. The predicted molar refractivity (Wildman–Crippen MR) is 72.6 cm³/mol. The van der Waals surface area contributed by atoms with Crippen molar-refractivity contribution in [2.24, 2.45) is 5.84 Å². The highest BCUT2D eigenvalue weighted by atomic mass is 32.2. The molecule has 0 amide bonds. The third kappa shape index (κ3) is 4.00. The summed E-state index contributed by atoms with van der Waals surface area (Å²) in [4.78, 5) is 17.9. The maximum Gasteiger partial charge on any atom is 0.329 e. The van der Waals surface area contributed by atoms with Gasteiger partial charge in [0.2, 0.25) is 11.8 Å². The second kappa shape index (κ2) is 6.97. The zero-order valence-corrected chi connectivity index (χ0v) is 11.0. The largest absolute Gasteiger partial charge is 0.364 e. The summed E-state index contributed by atoms with van der Waals surface area (Å²) >= 11 is 1.74. The average Bonchev–Trinajstić information content (AvgIpc) is 2.37. The standard InChI is InChI=1S/C9H16N6O2S/c1-6(18-2)3-4-11-8-7(15(16)17)5-12-9(13-8)14-10/h5-6H,3-4,10H2,1-2H3,(H2,11,12,13,14). The van der Waals surface area contributed by atoms with Gasteiger partial charge in [0, 0.05) is 11.8 Å². The Kier molecular flexibility index (Phi) is 5.59. The third-order valence-electron chi connectivity index (χ3n) is 2.34. The van der Waals surface area contributed by atoms with Crippen molar-refractivity contribution in [2.75, 3.05) is 23.5 Å². The van der Waals surface area contributed by atoms with Crippen molar-refractivity contribution in [1.29, 1.82) is 0 Å². The Morgan fingerprint density at radius 1 is 1.67 bits per heavy atom. The Hall–Kier alpha value is -1.61. The molecule has 1 atom stereocenters. The molecule has 0 spiro atoms. The summed E-state index contributed by atoms with van der Waals surface area (Å²) in [5, 5.41) is 14.2. The molecule has 0 aliphatic carbocycles. The van der Waals surface area contributed by atoms with E-state index in [1.165, 1.54) is 0 Å². The van der Waals surface area contributed by atoms with E-state index in [0.29, 0.717) is 11.8 Å². The van der Waals surface area contributed by atoms with Crippen molar-refractivity contribution in [3.05, 3.63) is 16.3 Å². The van der Waals surface area contributed by atoms with Crippen molar-refractivity contribution in [3.63, 3.8) is 0 Å². The summed E-state index contributed by atoms with van der Waals surface area (Å²) < 4.78 is 0. The summed E-state index contributed by atoms with van der Waals surface area (Å²) in [6, 6.07) is 0. The highest BCUT2D eigenvalue weighted by Gasteiger charge is 2.16. The number of nitrogens with one attached hydrogen (secondary N) is 2. The van der Waals surface area contributed by atoms with Crippen molar-refractivity contribution < 1.29 is 4.92 Å². The van der Waals surface area contributed by atoms with Crippen LogP contribution in [0.1, 0.15) is 13.3 Å². The first-order valence-corrected chi connectivity index (χ1v) is 6.62. The highest BCUT2D eigenvalue weighted by Crippen LogP contribution is 2.22. The molecule has 1 aromatic rings. The smallest absolute Gasteiger partial charge is 0.329 e. The van der Waals surface area contributed by atoms with Crippen LogP contribution in [0.2, 0.25) is 0 Å². The number of nitrogen functional groups attached to an aromatic ring is 1. The zero-order chi connectivity index (χ0) is 13.5. The minimum Gasteiger partial charge on any atom is -0.364 e. The minimum absolute atomic E-state index is 0.140. The maximum absolute atomic E-state index is 10.8. The van der Waals surface area contributed by atoms with Gasteiger partial charge in [-0.25, -0.2) is 10.8 Å². The van der Waals surface area contributed by atoms with E-state index in [2.05, 4.69) is 27.6 Å². The first-order chi connectivity index (χ1) is 8.58. The molecule has 0 saturated carbocycles. The molecule has 0 aliphatic heterocycles. The van der Waals surface area contributed by atoms with E-state index in [4.69, 9.17) is 5.84 Å². The molecule has 0 saturated heterocycles. The van der Waals surface area contributed by atoms with E-state index >= 15 is 0 Å². The average molecular weight is 272 g/mol. The number of nitro groups is 1. The van der Waals surface area contributed by atoms with Crippen LogP contribution < -0.4 is 16.6 Å². The van der Waals surface area contributed by atoms with Crippen LogP contribution in [0, 0.1) is 10.1 Å². The quantitative estimate of drug-likeness (QED) is 0.385. The number of nitrogens with zero attached hydrogens (tertiary/aromatic N) is 3. The fourth-order valence-corrected chi connectivity index (χ4v) is 1.57. The summed E-state index contributed by atoms with van der Waals surface area (Å²) in [7, 11) is 0.